The Morgan fingerprint density at radius 2 is 0.506 bits per heavy atom. The van der Waals surface area contributed by atoms with Crippen molar-refractivity contribution in [3.8, 4) is 0 Å². The molecule has 0 spiro atoms. The van der Waals surface area contributed by atoms with E-state index in [-0.39, 0.29) is 31.1 Å². The highest BCUT2D eigenvalue weighted by Gasteiger charge is 2.19. The number of carbonyl (C=O) groups excluding carboxylic acids is 3. The summed E-state index contributed by atoms with van der Waals surface area (Å²) in [6.07, 6.45) is 86.1. The van der Waals surface area contributed by atoms with Gasteiger partial charge in [0.2, 0.25) is 0 Å². The van der Waals surface area contributed by atoms with Crippen LogP contribution in [0.1, 0.15) is 329 Å². The van der Waals surface area contributed by atoms with Gasteiger partial charge in [0.15, 0.2) is 6.10 Å². The maximum absolute atomic E-state index is 12.9. The van der Waals surface area contributed by atoms with Gasteiger partial charge in [0.25, 0.3) is 0 Å². The normalized spacial score (nSPS) is 12.6. The van der Waals surface area contributed by atoms with Crippen LogP contribution in [0, 0.1) is 0 Å². The number of carbonyl (C=O) groups is 3. The minimum absolute atomic E-state index is 0.0772. The maximum Gasteiger partial charge on any atom is 0.306 e. The molecular formula is C71H124O6. The van der Waals surface area contributed by atoms with E-state index in [4.69, 9.17) is 14.2 Å². The lowest BCUT2D eigenvalue weighted by Crippen LogP contribution is -2.30. The SMILES string of the molecule is CC/C=C\C/C=C\C/C=C\C/C=C\C/C=C\CCCCCCCCCCCCCCCCCCCC(=O)OCC(COC(=O)CCCCCCCCCCCC)OC(=O)CCCCCCC/C=C\C/C=C\CCCCCC. The summed E-state index contributed by atoms with van der Waals surface area (Å²) in [7, 11) is 0. The maximum atomic E-state index is 12.9. The van der Waals surface area contributed by atoms with E-state index in [0.717, 1.165) is 116 Å². The molecule has 0 heterocycles. The van der Waals surface area contributed by atoms with Crippen LogP contribution in [0.25, 0.3) is 0 Å². The predicted octanol–water partition coefficient (Wildman–Crippen LogP) is 22.7. The number of ether oxygens (including phenoxy) is 3. The van der Waals surface area contributed by atoms with Gasteiger partial charge in [-0.15, -0.1) is 0 Å². The Morgan fingerprint density at radius 1 is 0.273 bits per heavy atom. The largest absolute Gasteiger partial charge is 0.462 e. The van der Waals surface area contributed by atoms with Crippen molar-refractivity contribution in [3.63, 3.8) is 0 Å². The number of hydrogen-bond donors (Lipinski definition) is 0. The molecule has 0 aliphatic carbocycles. The molecule has 444 valence electrons. The Morgan fingerprint density at radius 3 is 0.805 bits per heavy atom. The molecule has 77 heavy (non-hydrogen) atoms. The number of rotatable bonds is 60. The first kappa shape index (κ1) is 73.6. The number of unbranched alkanes of at least 4 members (excludes halogenated alkanes) is 35. The summed E-state index contributed by atoms with van der Waals surface area (Å²) in [5, 5.41) is 0. The molecule has 0 aromatic rings. The Labute approximate surface area is 477 Å². The van der Waals surface area contributed by atoms with Crippen LogP contribution in [-0.4, -0.2) is 37.2 Å². The number of allylic oxidation sites excluding steroid dienone is 14. The van der Waals surface area contributed by atoms with Crippen LogP contribution in [0.5, 0.6) is 0 Å². The summed E-state index contributed by atoms with van der Waals surface area (Å²) >= 11 is 0. The van der Waals surface area contributed by atoms with Crippen LogP contribution >= 0.6 is 0 Å². The topological polar surface area (TPSA) is 78.9 Å². The third kappa shape index (κ3) is 63.3. The molecule has 6 heteroatoms. The van der Waals surface area contributed by atoms with Crippen molar-refractivity contribution in [2.75, 3.05) is 13.2 Å². The van der Waals surface area contributed by atoms with E-state index in [0.29, 0.717) is 19.3 Å². The van der Waals surface area contributed by atoms with Gasteiger partial charge in [-0.05, 0) is 96.3 Å². The molecule has 0 amide bonds. The standard InChI is InChI=1S/C71H124O6/c1-4-7-10-13-16-19-22-24-26-28-29-30-31-32-33-34-35-36-37-38-39-40-41-42-43-44-46-47-49-52-55-58-61-64-70(73)76-67-68(66-75-69(72)63-60-57-54-51-21-18-15-12-9-6-3)77-71(74)65-62-59-56-53-50-48-45-27-25-23-20-17-14-11-8-5-2/h7,10,16,19-20,23-24,26-27,29-30,32-33,45,68H,4-6,8-9,11-15,17-18,21-22,25,28,31,34-44,46-67H2,1-3H3/b10-7-,19-16-,23-20-,26-24-,30-29-,33-32-,45-27-. The molecule has 0 aromatic heterocycles. The van der Waals surface area contributed by atoms with Gasteiger partial charge in [0, 0.05) is 19.3 Å². The lowest BCUT2D eigenvalue weighted by molar-refractivity contribution is -0.167. The van der Waals surface area contributed by atoms with Crippen molar-refractivity contribution >= 4 is 17.9 Å². The second-order valence-electron chi connectivity index (χ2n) is 22.0. The van der Waals surface area contributed by atoms with E-state index >= 15 is 0 Å². The molecule has 0 radical (unpaired) electrons. The summed E-state index contributed by atoms with van der Waals surface area (Å²) in [6.45, 7) is 6.52. The van der Waals surface area contributed by atoms with Crippen LogP contribution in [0.15, 0.2) is 85.1 Å². The lowest BCUT2D eigenvalue weighted by atomic mass is 10.0. The molecule has 0 saturated carbocycles. The van der Waals surface area contributed by atoms with Gasteiger partial charge >= 0.3 is 17.9 Å². The van der Waals surface area contributed by atoms with Crippen LogP contribution in [0.4, 0.5) is 0 Å². The second kappa shape index (κ2) is 65.1. The molecule has 0 rings (SSSR count). The summed E-state index contributed by atoms with van der Waals surface area (Å²) in [5.74, 6) is -0.878. The highest BCUT2D eigenvalue weighted by Crippen LogP contribution is 2.17. The molecule has 1 unspecified atom stereocenters. The van der Waals surface area contributed by atoms with Crippen molar-refractivity contribution in [1.82, 2.24) is 0 Å². The highest BCUT2D eigenvalue weighted by atomic mass is 16.6. The molecule has 0 N–H and O–H groups in total. The average molecular weight is 1070 g/mol. The molecular weight excluding hydrogens is 949 g/mol. The summed E-state index contributed by atoms with van der Waals surface area (Å²) in [5.41, 5.74) is 0. The summed E-state index contributed by atoms with van der Waals surface area (Å²) in [6, 6.07) is 0. The third-order valence-corrected chi connectivity index (χ3v) is 14.4. The smallest absolute Gasteiger partial charge is 0.306 e. The van der Waals surface area contributed by atoms with Gasteiger partial charge < -0.3 is 14.2 Å². The van der Waals surface area contributed by atoms with Crippen molar-refractivity contribution in [2.24, 2.45) is 0 Å². The molecule has 6 nitrogen and oxygen atoms in total. The average Bonchev–Trinajstić information content (AvgIpc) is 3.43. The fourth-order valence-electron chi connectivity index (χ4n) is 9.44. The van der Waals surface area contributed by atoms with E-state index < -0.39 is 6.10 Å². The van der Waals surface area contributed by atoms with E-state index in [1.54, 1.807) is 0 Å². The quantitative estimate of drug-likeness (QED) is 0.0261. The number of hydrogen-bond acceptors (Lipinski definition) is 6. The lowest BCUT2D eigenvalue weighted by Gasteiger charge is -2.18. The van der Waals surface area contributed by atoms with Crippen molar-refractivity contribution in [2.45, 2.75) is 335 Å². The summed E-state index contributed by atoms with van der Waals surface area (Å²) in [4.78, 5) is 38.2. The van der Waals surface area contributed by atoms with Crippen LogP contribution in [-0.2, 0) is 28.6 Å². The molecule has 0 fully saturated rings. The Kier molecular flexibility index (Phi) is 62.2. The predicted molar refractivity (Wildman–Crippen MR) is 334 cm³/mol. The molecule has 0 aromatic carbocycles. The van der Waals surface area contributed by atoms with Crippen molar-refractivity contribution in [1.29, 1.82) is 0 Å². The third-order valence-electron chi connectivity index (χ3n) is 14.4. The molecule has 0 aliphatic heterocycles. The van der Waals surface area contributed by atoms with Crippen LogP contribution in [0.2, 0.25) is 0 Å². The van der Waals surface area contributed by atoms with E-state index in [1.807, 2.05) is 0 Å². The van der Waals surface area contributed by atoms with Gasteiger partial charge in [0.05, 0.1) is 0 Å². The zero-order valence-electron chi connectivity index (χ0n) is 51.0. The van der Waals surface area contributed by atoms with Gasteiger partial charge in [-0.1, -0.05) is 298 Å². The fourth-order valence-corrected chi connectivity index (χ4v) is 9.44. The highest BCUT2D eigenvalue weighted by molar-refractivity contribution is 5.71. The van der Waals surface area contributed by atoms with Crippen molar-refractivity contribution in [3.05, 3.63) is 85.1 Å². The zero-order chi connectivity index (χ0) is 55.7. The van der Waals surface area contributed by atoms with Crippen LogP contribution < -0.4 is 0 Å². The van der Waals surface area contributed by atoms with Gasteiger partial charge in [0.1, 0.15) is 13.2 Å². The number of esters is 3. The van der Waals surface area contributed by atoms with Gasteiger partial charge in [-0.25, -0.2) is 0 Å². The molecule has 0 saturated heterocycles. The summed E-state index contributed by atoms with van der Waals surface area (Å²) < 4.78 is 16.9. The van der Waals surface area contributed by atoms with Crippen molar-refractivity contribution < 1.29 is 28.6 Å². The van der Waals surface area contributed by atoms with Gasteiger partial charge in [-0.3, -0.25) is 14.4 Å². The first-order valence-corrected chi connectivity index (χ1v) is 33.1. The first-order chi connectivity index (χ1) is 38.0. The first-order valence-electron chi connectivity index (χ1n) is 33.1. The Balaban J connectivity index is 4.11. The molecule has 0 aliphatic rings. The minimum atomic E-state index is -0.780. The van der Waals surface area contributed by atoms with E-state index in [9.17, 15) is 14.4 Å². The monoisotopic (exact) mass is 1070 g/mol. The minimum Gasteiger partial charge on any atom is -0.462 e. The fraction of sp³-hybridized carbons (Fsp3) is 0.761. The zero-order valence-corrected chi connectivity index (χ0v) is 51.0. The Bertz CT molecular complexity index is 1470. The van der Waals surface area contributed by atoms with E-state index in [1.165, 1.54) is 173 Å². The van der Waals surface area contributed by atoms with E-state index in [2.05, 4.69) is 106 Å². The molecule has 0 bridgehead atoms. The molecule has 1 atom stereocenters. The Hall–Kier alpha value is -3.41. The van der Waals surface area contributed by atoms with Crippen LogP contribution in [0.3, 0.4) is 0 Å². The van der Waals surface area contributed by atoms with Gasteiger partial charge in [-0.2, -0.15) is 0 Å². The second-order valence-corrected chi connectivity index (χ2v) is 22.0.